The summed E-state index contributed by atoms with van der Waals surface area (Å²) in [6.07, 6.45) is 3.96. The summed E-state index contributed by atoms with van der Waals surface area (Å²) in [7, 11) is 1.70. The Morgan fingerprint density at radius 2 is 2.11 bits per heavy atom. The zero-order valence-corrected chi connectivity index (χ0v) is 10.9. The van der Waals surface area contributed by atoms with Crippen molar-refractivity contribution in [2.24, 2.45) is 0 Å². The molecule has 1 aliphatic rings. The Hall–Kier alpha value is -1.89. The van der Waals surface area contributed by atoms with Crippen LogP contribution in [0.25, 0.3) is 0 Å². The molecule has 0 radical (unpaired) electrons. The second kappa shape index (κ2) is 5.83. The third kappa shape index (κ3) is 3.11. The van der Waals surface area contributed by atoms with Gasteiger partial charge in [-0.1, -0.05) is 0 Å². The van der Waals surface area contributed by atoms with E-state index in [4.69, 9.17) is 0 Å². The number of aromatic amines is 2. The normalized spacial score (nSPS) is 19.7. The van der Waals surface area contributed by atoms with Crippen LogP contribution in [0.1, 0.15) is 29.6 Å². The monoisotopic (exact) mass is 266 g/mol. The van der Waals surface area contributed by atoms with Crippen LogP contribution in [0, 0.1) is 0 Å². The molecule has 3 N–H and O–H groups in total. The zero-order valence-electron chi connectivity index (χ0n) is 10.9. The number of carbonyl (C=O) groups excluding carboxylic acids is 1. The van der Waals surface area contributed by atoms with E-state index in [0.717, 1.165) is 32.4 Å². The van der Waals surface area contributed by atoms with Gasteiger partial charge in [0.1, 0.15) is 5.56 Å². The van der Waals surface area contributed by atoms with E-state index >= 15 is 0 Å². The molecular weight excluding hydrogens is 248 g/mol. The fraction of sp³-hybridized carbons (Fsp3) is 0.583. The van der Waals surface area contributed by atoms with Gasteiger partial charge in [-0.25, -0.2) is 4.79 Å². The largest absolute Gasteiger partial charge is 0.338 e. The Labute approximate surface area is 110 Å². The fourth-order valence-electron chi connectivity index (χ4n) is 2.31. The summed E-state index contributed by atoms with van der Waals surface area (Å²) >= 11 is 0. The van der Waals surface area contributed by atoms with Gasteiger partial charge in [-0.3, -0.25) is 14.6 Å². The van der Waals surface area contributed by atoms with Crippen LogP contribution in [0.3, 0.4) is 0 Å². The molecule has 1 aromatic rings. The molecule has 1 aromatic heterocycles. The topological polar surface area (TPSA) is 98.1 Å². The molecule has 2 heterocycles. The van der Waals surface area contributed by atoms with Crippen molar-refractivity contribution in [2.45, 2.75) is 25.3 Å². The number of hydrogen-bond acceptors (Lipinski definition) is 4. The van der Waals surface area contributed by atoms with Crippen molar-refractivity contribution >= 4 is 5.91 Å². The highest BCUT2D eigenvalue weighted by Gasteiger charge is 2.23. The average molecular weight is 266 g/mol. The van der Waals surface area contributed by atoms with Crippen molar-refractivity contribution in [3.8, 4) is 0 Å². The van der Waals surface area contributed by atoms with Gasteiger partial charge in [0.2, 0.25) is 0 Å². The lowest BCUT2D eigenvalue weighted by Gasteiger charge is -2.26. The molecule has 1 fully saturated rings. The molecule has 0 bridgehead atoms. The maximum atomic E-state index is 12.3. The van der Waals surface area contributed by atoms with Gasteiger partial charge in [0.05, 0.1) is 0 Å². The Balaban J connectivity index is 2.18. The van der Waals surface area contributed by atoms with Crippen LogP contribution in [0.5, 0.6) is 0 Å². The lowest BCUT2D eigenvalue weighted by molar-refractivity contribution is 0.0718. The summed E-state index contributed by atoms with van der Waals surface area (Å²) in [5.74, 6) is -0.357. The molecule has 1 unspecified atom stereocenters. The molecule has 19 heavy (non-hydrogen) atoms. The molecule has 2 rings (SSSR count). The average Bonchev–Trinajstić information content (AvgIpc) is 2.66. The maximum Gasteiger partial charge on any atom is 0.325 e. The third-order valence-electron chi connectivity index (χ3n) is 3.46. The van der Waals surface area contributed by atoms with Crippen molar-refractivity contribution in [3.05, 3.63) is 32.6 Å². The quantitative estimate of drug-likeness (QED) is 0.658. The summed E-state index contributed by atoms with van der Waals surface area (Å²) in [5, 5.41) is 3.28. The van der Waals surface area contributed by atoms with Gasteiger partial charge in [0, 0.05) is 19.3 Å². The lowest BCUT2D eigenvalue weighted by atomic mass is 10.1. The summed E-state index contributed by atoms with van der Waals surface area (Å²) in [4.78, 5) is 40.8. The fourth-order valence-corrected chi connectivity index (χ4v) is 2.31. The smallest absolute Gasteiger partial charge is 0.325 e. The van der Waals surface area contributed by atoms with Gasteiger partial charge in [0.25, 0.3) is 11.5 Å². The van der Waals surface area contributed by atoms with Crippen molar-refractivity contribution < 1.29 is 4.79 Å². The first-order chi connectivity index (χ1) is 9.09. The van der Waals surface area contributed by atoms with Gasteiger partial charge >= 0.3 is 5.69 Å². The van der Waals surface area contributed by atoms with Crippen LogP contribution in [0.15, 0.2) is 15.8 Å². The van der Waals surface area contributed by atoms with Gasteiger partial charge in [0.15, 0.2) is 0 Å². The highest BCUT2D eigenvalue weighted by atomic mass is 16.2. The van der Waals surface area contributed by atoms with E-state index < -0.39 is 11.2 Å². The van der Waals surface area contributed by atoms with E-state index in [2.05, 4.69) is 15.3 Å². The van der Waals surface area contributed by atoms with E-state index in [1.165, 1.54) is 6.20 Å². The summed E-state index contributed by atoms with van der Waals surface area (Å²) in [6.45, 7) is 1.82. The number of carbonyl (C=O) groups is 1. The Kier molecular flexibility index (Phi) is 4.16. The minimum Gasteiger partial charge on any atom is -0.338 e. The Bertz CT molecular complexity index is 555. The number of nitrogens with one attached hydrogen (secondary N) is 3. The van der Waals surface area contributed by atoms with Crippen LogP contribution in [0.2, 0.25) is 0 Å². The van der Waals surface area contributed by atoms with Crippen molar-refractivity contribution in [1.82, 2.24) is 20.2 Å². The summed E-state index contributed by atoms with van der Waals surface area (Å²) in [6, 6.07) is 0.119. The highest BCUT2D eigenvalue weighted by Crippen LogP contribution is 2.13. The second-order valence-corrected chi connectivity index (χ2v) is 4.74. The first-order valence-electron chi connectivity index (χ1n) is 6.39. The van der Waals surface area contributed by atoms with Crippen molar-refractivity contribution in [1.29, 1.82) is 0 Å². The molecule has 7 nitrogen and oxygen atoms in total. The molecular formula is C12H18N4O3. The number of hydrogen-bond donors (Lipinski definition) is 3. The molecule has 1 atom stereocenters. The standard InChI is InChI=1S/C12H18N4O3/c1-16(8-3-2-5-13-6-4-8)11(18)9-7-14-12(19)15-10(9)17/h7-8,13H,2-6H2,1H3,(H2,14,15,17,19). The predicted octanol–water partition coefficient (Wildman–Crippen LogP) is -0.723. The first kappa shape index (κ1) is 13.5. The molecule has 0 aromatic carbocycles. The molecule has 7 heteroatoms. The van der Waals surface area contributed by atoms with E-state index in [0.29, 0.717) is 0 Å². The minimum atomic E-state index is -0.646. The zero-order chi connectivity index (χ0) is 13.8. The number of amides is 1. The third-order valence-corrected chi connectivity index (χ3v) is 3.46. The summed E-state index contributed by atoms with van der Waals surface area (Å²) in [5.41, 5.74) is -1.28. The maximum absolute atomic E-state index is 12.3. The molecule has 1 amide bonds. The second-order valence-electron chi connectivity index (χ2n) is 4.74. The molecule has 1 aliphatic heterocycles. The molecule has 0 spiro atoms. The molecule has 1 saturated heterocycles. The molecule has 104 valence electrons. The van der Waals surface area contributed by atoms with Crippen molar-refractivity contribution in [2.75, 3.05) is 20.1 Å². The van der Waals surface area contributed by atoms with Gasteiger partial charge < -0.3 is 15.2 Å². The Morgan fingerprint density at radius 1 is 1.32 bits per heavy atom. The van der Waals surface area contributed by atoms with Gasteiger partial charge in [-0.15, -0.1) is 0 Å². The van der Waals surface area contributed by atoms with E-state index in [1.54, 1.807) is 11.9 Å². The van der Waals surface area contributed by atoms with Crippen LogP contribution in [-0.2, 0) is 0 Å². The number of rotatable bonds is 2. The lowest BCUT2D eigenvalue weighted by Crippen LogP contribution is -2.41. The van der Waals surface area contributed by atoms with Gasteiger partial charge in [-0.05, 0) is 32.4 Å². The minimum absolute atomic E-state index is 0.0284. The predicted molar refractivity (Wildman–Crippen MR) is 70.3 cm³/mol. The van der Waals surface area contributed by atoms with Crippen molar-refractivity contribution in [3.63, 3.8) is 0 Å². The van der Waals surface area contributed by atoms with E-state index in [1.807, 2.05) is 0 Å². The van der Waals surface area contributed by atoms with Crippen LogP contribution < -0.4 is 16.6 Å². The summed E-state index contributed by atoms with van der Waals surface area (Å²) < 4.78 is 0. The van der Waals surface area contributed by atoms with Crippen LogP contribution in [-0.4, -0.2) is 47.0 Å². The number of aromatic nitrogens is 2. The molecule has 0 saturated carbocycles. The number of nitrogens with zero attached hydrogens (tertiary/aromatic N) is 1. The van der Waals surface area contributed by atoms with E-state index in [9.17, 15) is 14.4 Å². The number of H-pyrrole nitrogens is 2. The Morgan fingerprint density at radius 3 is 2.84 bits per heavy atom. The van der Waals surface area contributed by atoms with E-state index in [-0.39, 0.29) is 17.5 Å². The SMILES string of the molecule is CN(C(=O)c1c[nH]c(=O)[nH]c1=O)C1CCCNCC1. The van der Waals surface area contributed by atoms with Gasteiger partial charge in [-0.2, -0.15) is 0 Å². The van der Waals surface area contributed by atoms with Crippen LogP contribution in [0.4, 0.5) is 0 Å². The van der Waals surface area contributed by atoms with Crippen LogP contribution >= 0.6 is 0 Å². The molecule has 0 aliphatic carbocycles. The highest BCUT2D eigenvalue weighted by molar-refractivity contribution is 5.93. The first-order valence-corrected chi connectivity index (χ1v) is 6.39.